The summed E-state index contributed by atoms with van der Waals surface area (Å²) in [7, 11) is 0. The van der Waals surface area contributed by atoms with Crippen LogP contribution in [-0.2, 0) is 0 Å². The smallest absolute Gasteiger partial charge is 0.0887 e. The predicted molar refractivity (Wildman–Crippen MR) is 72.2 cm³/mol. The van der Waals surface area contributed by atoms with Gasteiger partial charge < -0.3 is 0 Å². The monoisotopic (exact) mass is 216 g/mol. The maximum Gasteiger partial charge on any atom is 0.149 e. The Balaban J connectivity index is 1.75. The van der Waals surface area contributed by atoms with Crippen LogP contribution in [0.3, 0.4) is 0 Å². The molecular weight excluding hydrogens is 191 g/mol. The molecule has 0 N–H and O–H groups in total. The number of fused-ring (bicyclic) bond motifs is 2. The van der Waals surface area contributed by atoms with Gasteiger partial charge in [0.1, 0.15) is 6.71 Å². The van der Waals surface area contributed by atoms with Gasteiger partial charge in [-0.1, -0.05) is 81.5 Å². The maximum atomic E-state index is 2.48. The average molecular weight is 216 g/mol. The molecule has 0 saturated carbocycles. The summed E-state index contributed by atoms with van der Waals surface area (Å²) in [6.45, 7) is 3.51. The average Bonchev–Trinajstić information content (AvgIpc) is 2.28. The first-order valence-corrected chi connectivity index (χ1v) is 7.51. The fourth-order valence-electron chi connectivity index (χ4n) is 4.95. The molecule has 0 aromatic heterocycles. The van der Waals surface area contributed by atoms with E-state index in [2.05, 4.69) is 19.1 Å². The van der Waals surface area contributed by atoms with Gasteiger partial charge in [-0.15, -0.1) is 0 Å². The van der Waals surface area contributed by atoms with Crippen molar-refractivity contribution in [3.8, 4) is 0 Å². The molecule has 2 saturated heterocycles. The van der Waals surface area contributed by atoms with E-state index in [0.29, 0.717) is 0 Å². The van der Waals surface area contributed by atoms with E-state index in [1.807, 2.05) is 0 Å². The fourth-order valence-corrected chi connectivity index (χ4v) is 4.95. The molecule has 0 aromatic carbocycles. The molecule has 88 valence electrons. The third kappa shape index (κ3) is 1.98. The molecule has 0 unspecified atom stereocenters. The first kappa shape index (κ1) is 10.9. The molecule has 1 heteroatoms. The predicted octanol–water partition coefficient (Wildman–Crippen LogP) is 4.95. The normalized spacial score (nSPS) is 43.4. The highest BCUT2D eigenvalue weighted by Gasteiger charge is 2.43. The number of allylic oxidation sites excluding steroid dienone is 2. The van der Waals surface area contributed by atoms with Crippen LogP contribution in [0.2, 0.25) is 17.5 Å². The number of hydrogen-bond acceptors (Lipinski definition) is 0. The molecule has 0 nitrogen and oxygen atoms in total. The molecule has 2 aliphatic heterocycles. The SMILES string of the molecule is C[C@H]1C=CC[C@H](B2C3CCCC2CCC3)C1. The highest BCUT2D eigenvalue weighted by atomic mass is 14.3. The van der Waals surface area contributed by atoms with Crippen LogP contribution in [0.4, 0.5) is 0 Å². The summed E-state index contributed by atoms with van der Waals surface area (Å²) >= 11 is 0. The molecule has 2 bridgehead atoms. The number of rotatable bonds is 1. The Labute approximate surface area is 101 Å². The lowest BCUT2D eigenvalue weighted by atomic mass is 9.21. The van der Waals surface area contributed by atoms with Crippen molar-refractivity contribution in [2.45, 2.75) is 75.7 Å². The molecule has 0 radical (unpaired) electrons. The van der Waals surface area contributed by atoms with Gasteiger partial charge in [-0.25, -0.2) is 0 Å². The second-order valence-electron chi connectivity index (χ2n) is 6.60. The summed E-state index contributed by atoms with van der Waals surface area (Å²) < 4.78 is 0. The summed E-state index contributed by atoms with van der Waals surface area (Å²) in [6.07, 6.45) is 17.1. The van der Waals surface area contributed by atoms with Crippen molar-refractivity contribution in [2.24, 2.45) is 5.92 Å². The van der Waals surface area contributed by atoms with Crippen molar-refractivity contribution < 1.29 is 0 Å². The minimum absolute atomic E-state index is 0.849. The van der Waals surface area contributed by atoms with Crippen molar-refractivity contribution >= 4 is 6.71 Å². The molecule has 2 fully saturated rings. The van der Waals surface area contributed by atoms with Gasteiger partial charge in [0.2, 0.25) is 0 Å². The standard InChI is InChI=1S/C15H25B/c1-12-5-2-10-15(11-12)16-13-6-3-7-14(16)9-4-8-13/h2,5,12-15H,3-4,6-11H2,1H3/t12-,13?,14?,15-/m0/s1. The van der Waals surface area contributed by atoms with Crippen molar-refractivity contribution in [1.82, 2.24) is 0 Å². The van der Waals surface area contributed by atoms with E-state index >= 15 is 0 Å². The van der Waals surface area contributed by atoms with Gasteiger partial charge in [0.15, 0.2) is 0 Å². The van der Waals surface area contributed by atoms with E-state index in [1.165, 1.54) is 25.7 Å². The van der Waals surface area contributed by atoms with Gasteiger partial charge in [-0.05, 0) is 12.3 Å². The summed E-state index contributed by atoms with van der Waals surface area (Å²) in [5.41, 5.74) is 0. The van der Waals surface area contributed by atoms with E-state index < -0.39 is 0 Å². The van der Waals surface area contributed by atoms with Crippen LogP contribution in [0.1, 0.15) is 58.3 Å². The quantitative estimate of drug-likeness (QED) is 0.430. The highest BCUT2D eigenvalue weighted by molar-refractivity contribution is 6.64. The molecule has 3 aliphatic rings. The first-order valence-electron chi connectivity index (χ1n) is 7.51. The van der Waals surface area contributed by atoms with Gasteiger partial charge in [0, 0.05) is 0 Å². The minimum Gasteiger partial charge on any atom is -0.0887 e. The van der Waals surface area contributed by atoms with Gasteiger partial charge in [-0.3, -0.25) is 0 Å². The Morgan fingerprint density at radius 2 is 1.56 bits per heavy atom. The van der Waals surface area contributed by atoms with Crippen molar-refractivity contribution in [3.63, 3.8) is 0 Å². The second kappa shape index (κ2) is 4.59. The maximum absolute atomic E-state index is 2.48. The summed E-state index contributed by atoms with van der Waals surface area (Å²) in [4.78, 5) is 0. The van der Waals surface area contributed by atoms with Crippen LogP contribution in [0, 0.1) is 5.92 Å². The van der Waals surface area contributed by atoms with Gasteiger partial charge in [0.05, 0.1) is 0 Å². The molecule has 3 rings (SSSR count). The molecule has 2 atom stereocenters. The Bertz CT molecular complexity index is 249. The zero-order valence-electron chi connectivity index (χ0n) is 10.7. The molecule has 2 heterocycles. The van der Waals surface area contributed by atoms with Crippen LogP contribution in [0.25, 0.3) is 0 Å². The van der Waals surface area contributed by atoms with Gasteiger partial charge in [0.25, 0.3) is 0 Å². The van der Waals surface area contributed by atoms with E-state index in [0.717, 1.165) is 30.1 Å². The van der Waals surface area contributed by atoms with Crippen LogP contribution in [0.5, 0.6) is 0 Å². The van der Waals surface area contributed by atoms with E-state index in [1.54, 1.807) is 25.7 Å². The zero-order chi connectivity index (χ0) is 11.0. The summed E-state index contributed by atoms with van der Waals surface area (Å²) in [5, 5.41) is 0. The Morgan fingerprint density at radius 1 is 0.938 bits per heavy atom. The number of hydrogen-bond donors (Lipinski definition) is 0. The molecule has 0 aromatic rings. The lowest BCUT2D eigenvalue weighted by molar-refractivity contribution is 0.423. The Hall–Kier alpha value is -0.195. The highest BCUT2D eigenvalue weighted by Crippen LogP contribution is 2.52. The summed E-state index contributed by atoms with van der Waals surface area (Å²) in [5.74, 6) is 4.10. The molecule has 1 aliphatic carbocycles. The van der Waals surface area contributed by atoms with Crippen LogP contribution in [-0.4, -0.2) is 6.71 Å². The van der Waals surface area contributed by atoms with Crippen molar-refractivity contribution in [1.29, 1.82) is 0 Å². The Morgan fingerprint density at radius 3 is 2.12 bits per heavy atom. The van der Waals surface area contributed by atoms with Gasteiger partial charge >= 0.3 is 0 Å². The topological polar surface area (TPSA) is 0 Å². The fraction of sp³-hybridized carbons (Fsp3) is 0.867. The largest absolute Gasteiger partial charge is 0.149 e. The molecule has 0 spiro atoms. The van der Waals surface area contributed by atoms with Crippen LogP contribution >= 0.6 is 0 Å². The lowest BCUT2D eigenvalue weighted by Gasteiger charge is -2.45. The van der Waals surface area contributed by atoms with Crippen molar-refractivity contribution in [3.05, 3.63) is 12.2 Å². The zero-order valence-corrected chi connectivity index (χ0v) is 10.7. The van der Waals surface area contributed by atoms with Crippen molar-refractivity contribution in [2.75, 3.05) is 0 Å². The third-order valence-corrected chi connectivity index (χ3v) is 5.51. The lowest BCUT2D eigenvalue weighted by Crippen LogP contribution is -2.39. The molecule has 0 amide bonds. The van der Waals surface area contributed by atoms with E-state index in [-0.39, 0.29) is 0 Å². The second-order valence-corrected chi connectivity index (χ2v) is 6.60. The Kier molecular flexibility index (Phi) is 3.13. The third-order valence-electron chi connectivity index (χ3n) is 5.51. The van der Waals surface area contributed by atoms with Crippen LogP contribution < -0.4 is 0 Å². The van der Waals surface area contributed by atoms with E-state index in [9.17, 15) is 0 Å². The minimum atomic E-state index is 0.849. The van der Waals surface area contributed by atoms with Crippen LogP contribution in [0.15, 0.2) is 12.2 Å². The van der Waals surface area contributed by atoms with Gasteiger partial charge in [-0.2, -0.15) is 0 Å². The first-order chi connectivity index (χ1) is 7.84. The van der Waals surface area contributed by atoms with E-state index in [4.69, 9.17) is 0 Å². The summed E-state index contributed by atoms with van der Waals surface area (Å²) in [6, 6.07) is 0. The molecular formula is C15H25B. The molecule has 16 heavy (non-hydrogen) atoms.